The van der Waals surface area contributed by atoms with Gasteiger partial charge in [0.25, 0.3) is 0 Å². The second-order valence-corrected chi connectivity index (χ2v) is 5.14. The highest BCUT2D eigenvalue weighted by Crippen LogP contribution is 2.20. The smallest absolute Gasteiger partial charge is 0.128 e. The zero-order valence-electron chi connectivity index (χ0n) is 11.3. The molecule has 0 saturated heterocycles. The first-order chi connectivity index (χ1) is 8.58. The summed E-state index contributed by atoms with van der Waals surface area (Å²) in [5, 5.41) is 0.637. The van der Waals surface area contributed by atoms with Gasteiger partial charge in [0, 0.05) is 13.1 Å². The number of alkyl halides is 1. The molecule has 1 heterocycles. The Labute approximate surface area is 120 Å². The lowest BCUT2D eigenvalue weighted by Gasteiger charge is -2.23. The van der Waals surface area contributed by atoms with Gasteiger partial charge in [0.1, 0.15) is 5.82 Å². The number of hydrogen-bond donors (Lipinski definition) is 0. The third kappa shape index (κ3) is 4.63. The van der Waals surface area contributed by atoms with Crippen molar-refractivity contribution < 1.29 is 0 Å². The van der Waals surface area contributed by atoms with Crippen LogP contribution in [0.4, 0.5) is 5.82 Å². The molecular weight excluding hydrogens is 269 g/mol. The number of rotatable bonds is 7. The Kier molecular flexibility index (Phi) is 6.76. The molecule has 18 heavy (non-hydrogen) atoms. The second-order valence-electron chi connectivity index (χ2n) is 4.47. The number of pyridine rings is 1. The Balaban J connectivity index is 2.69. The van der Waals surface area contributed by atoms with E-state index in [-0.39, 0.29) is 0 Å². The van der Waals surface area contributed by atoms with E-state index in [1.54, 1.807) is 0 Å². The van der Waals surface area contributed by atoms with Gasteiger partial charge >= 0.3 is 0 Å². The lowest BCUT2D eigenvalue weighted by molar-refractivity contribution is 0.400. The summed E-state index contributed by atoms with van der Waals surface area (Å²) in [6, 6.07) is 3.83. The van der Waals surface area contributed by atoms with E-state index in [0.29, 0.717) is 10.9 Å². The standard InChI is InChI=1S/C13H21Cl2N3/c1-4-18(9-5-8-17(2)3)13-7-6-11(15)12(10-14)16-13/h6-7H,4-5,8-10H2,1-3H3. The molecule has 0 spiro atoms. The molecule has 0 unspecified atom stereocenters. The summed E-state index contributed by atoms with van der Waals surface area (Å²) >= 11 is 11.8. The van der Waals surface area contributed by atoms with E-state index in [2.05, 4.69) is 35.8 Å². The van der Waals surface area contributed by atoms with Crippen LogP contribution in [0.5, 0.6) is 0 Å². The highest BCUT2D eigenvalue weighted by Gasteiger charge is 2.09. The summed E-state index contributed by atoms with van der Waals surface area (Å²) < 4.78 is 0. The minimum atomic E-state index is 0.349. The molecule has 102 valence electrons. The predicted molar refractivity (Wildman–Crippen MR) is 79.9 cm³/mol. The average molecular weight is 290 g/mol. The van der Waals surface area contributed by atoms with Crippen LogP contribution in [0.25, 0.3) is 0 Å². The molecule has 0 N–H and O–H groups in total. The van der Waals surface area contributed by atoms with Gasteiger partial charge in [0.15, 0.2) is 0 Å². The highest BCUT2D eigenvalue weighted by molar-refractivity contribution is 6.32. The molecule has 1 aromatic rings. The number of nitrogens with zero attached hydrogens (tertiary/aromatic N) is 3. The quantitative estimate of drug-likeness (QED) is 0.719. The Morgan fingerprint density at radius 3 is 2.50 bits per heavy atom. The molecular formula is C13H21Cl2N3. The summed E-state index contributed by atoms with van der Waals surface area (Å²) in [4.78, 5) is 8.94. The topological polar surface area (TPSA) is 19.4 Å². The molecule has 5 heteroatoms. The maximum Gasteiger partial charge on any atom is 0.128 e. The first-order valence-electron chi connectivity index (χ1n) is 6.19. The van der Waals surface area contributed by atoms with Crippen LogP contribution in [0.3, 0.4) is 0 Å². The zero-order chi connectivity index (χ0) is 13.5. The van der Waals surface area contributed by atoms with Crippen molar-refractivity contribution in [3.63, 3.8) is 0 Å². The molecule has 3 nitrogen and oxygen atoms in total. The van der Waals surface area contributed by atoms with Gasteiger partial charge < -0.3 is 9.80 Å². The summed E-state index contributed by atoms with van der Waals surface area (Å²) in [5.74, 6) is 1.30. The van der Waals surface area contributed by atoms with E-state index in [9.17, 15) is 0 Å². The Hall–Kier alpha value is -0.510. The second kappa shape index (κ2) is 7.82. The van der Waals surface area contributed by atoms with Gasteiger partial charge in [-0.3, -0.25) is 0 Å². The van der Waals surface area contributed by atoms with Gasteiger partial charge in [-0.1, -0.05) is 11.6 Å². The molecule has 0 atom stereocenters. The Bertz CT molecular complexity index is 369. The fraction of sp³-hybridized carbons (Fsp3) is 0.615. The van der Waals surface area contributed by atoms with Gasteiger partial charge in [-0.05, 0) is 46.1 Å². The molecule has 0 aliphatic heterocycles. The van der Waals surface area contributed by atoms with Crippen LogP contribution in [-0.4, -0.2) is 43.6 Å². The van der Waals surface area contributed by atoms with Gasteiger partial charge in [-0.15, -0.1) is 11.6 Å². The van der Waals surface area contributed by atoms with Crippen LogP contribution in [0.2, 0.25) is 5.02 Å². The summed E-state index contributed by atoms with van der Waals surface area (Å²) in [7, 11) is 4.17. The van der Waals surface area contributed by atoms with Crippen LogP contribution in [-0.2, 0) is 5.88 Å². The van der Waals surface area contributed by atoms with Crippen LogP contribution >= 0.6 is 23.2 Å². The number of aromatic nitrogens is 1. The molecule has 1 aromatic heterocycles. The lowest BCUT2D eigenvalue weighted by Crippen LogP contribution is -2.27. The number of hydrogen-bond acceptors (Lipinski definition) is 3. The van der Waals surface area contributed by atoms with E-state index in [0.717, 1.165) is 37.6 Å². The normalized spacial score (nSPS) is 11.0. The van der Waals surface area contributed by atoms with E-state index < -0.39 is 0 Å². The minimum Gasteiger partial charge on any atom is -0.357 e. The maximum atomic E-state index is 6.02. The molecule has 1 rings (SSSR count). The SMILES string of the molecule is CCN(CCCN(C)C)c1ccc(Cl)c(CCl)n1. The van der Waals surface area contributed by atoms with Crippen molar-refractivity contribution in [1.82, 2.24) is 9.88 Å². The Morgan fingerprint density at radius 1 is 1.22 bits per heavy atom. The fourth-order valence-electron chi connectivity index (χ4n) is 1.76. The third-order valence-corrected chi connectivity index (χ3v) is 3.37. The molecule has 0 aromatic carbocycles. The first kappa shape index (κ1) is 15.5. The fourth-order valence-corrected chi connectivity index (χ4v) is 2.20. The van der Waals surface area contributed by atoms with Gasteiger partial charge in [0.05, 0.1) is 16.6 Å². The summed E-state index contributed by atoms with van der Waals surface area (Å²) in [6.45, 7) is 5.13. The van der Waals surface area contributed by atoms with E-state index in [1.165, 1.54) is 0 Å². The lowest BCUT2D eigenvalue weighted by atomic mass is 10.3. The van der Waals surface area contributed by atoms with Crippen molar-refractivity contribution in [2.24, 2.45) is 0 Å². The van der Waals surface area contributed by atoms with Crippen molar-refractivity contribution >= 4 is 29.0 Å². The van der Waals surface area contributed by atoms with Crippen molar-refractivity contribution in [3.05, 3.63) is 22.8 Å². The Morgan fingerprint density at radius 2 is 1.94 bits per heavy atom. The van der Waals surface area contributed by atoms with Crippen LogP contribution in [0.1, 0.15) is 19.0 Å². The van der Waals surface area contributed by atoms with E-state index >= 15 is 0 Å². The number of anilines is 1. The van der Waals surface area contributed by atoms with E-state index in [4.69, 9.17) is 23.2 Å². The largest absolute Gasteiger partial charge is 0.357 e. The molecule has 0 radical (unpaired) electrons. The average Bonchev–Trinajstić information content (AvgIpc) is 2.35. The van der Waals surface area contributed by atoms with Crippen LogP contribution < -0.4 is 4.90 Å². The summed E-state index contributed by atoms with van der Waals surface area (Å²) in [6.07, 6.45) is 1.11. The maximum absolute atomic E-state index is 6.02. The summed E-state index contributed by atoms with van der Waals surface area (Å²) in [5.41, 5.74) is 0.752. The molecule has 0 saturated carbocycles. The van der Waals surface area contributed by atoms with Gasteiger partial charge in [0.2, 0.25) is 0 Å². The first-order valence-corrected chi connectivity index (χ1v) is 7.10. The van der Waals surface area contributed by atoms with Crippen molar-refractivity contribution in [2.75, 3.05) is 38.6 Å². The minimum absolute atomic E-state index is 0.349. The monoisotopic (exact) mass is 289 g/mol. The highest BCUT2D eigenvalue weighted by atomic mass is 35.5. The molecule has 0 fully saturated rings. The molecule has 0 aliphatic rings. The molecule has 0 amide bonds. The third-order valence-electron chi connectivity index (χ3n) is 2.77. The number of halogens is 2. The van der Waals surface area contributed by atoms with Gasteiger partial charge in [-0.2, -0.15) is 0 Å². The van der Waals surface area contributed by atoms with Crippen molar-refractivity contribution in [1.29, 1.82) is 0 Å². The van der Waals surface area contributed by atoms with Gasteiger partial charge in [-0.25, -0.2) is 4.98 Å². The predicted octanol–water partition coefficient (Wildman–Crippen LogP) is 3.25. The van der Waals surface area contributed by atoms with E-state index in [1.807, 2.05) is 12.1 Å². The molecule has 0 aliphatic carbocycles. The van der Waals surface area contributed by atoms with Crippen LogP contribution in [0.15, 0.2) is 12.1 Å². The van der Waals surface area contributed by atoms with Crippen molar-refractivity contribution in [3.8, 4) is 0 Å². The van der Waals surface area contributed by atoms with Crippen LogP contribution in [0, 0.1) is 0 Å². The molecule has 0 bridgehead atoms. The van der Waals surface area contributed by atoms with Crippen molar-refractivity contribution in [2.45, 2.75) is 19.2 Å². The zero-order valence-corrected chi connectivity index (χ0v) is 12.8.